The summed E-state index contributed by atoms with van der Waals surface area (Å²) in [5.41, 5.74) is 1.78. The van der Waals surface area contributed by atoms with Crippen LogP contribution in [0.3, 0.4) is 0 Å². The maximum atomic E-state index is 13.8. The zero-order chi connectivity index (χ0) is 27.7. The second kappa shape index (κ2) is 12.9. The molecule has 202 valence electrons. The monoisotopic (exact) mass is 529 g/mol. The van der Waals surface area contributed by atoms with Crippen LogP contribution in [0.1, 0.15) is 47.2 Å². The van der Waals surface area contributed by atoms with Gasteiger partial charge in [0.2, 0.25) is 0 Å². The molecule has 1 aromatic heterocycles. The molecule has 0 radical (unpaired) electrons. The smallest absolute Gasteiger partial charge is 0.303 e. The fraction of sp³-hybridized carbons (Fsp3) is 0.226. The fourth-order valence-corrected chi connectivity index (χ4v) is 4.20. The molecule has 0 fully saturated rings. The van der Waals surface area contributed by atoms with Crippen LogP contribution in [0, 0.1) is 0 Å². The van der Waals surface area contributed by atoms with E-state index in [1.54, 1.807) is 91.2 Å². The number of carboxylic acid groups (broad SMARTS) is 1. The first-order valence-electron chi connectivity index (χ1n) is 12.7. The molecule has 0 aliphatic heterocycles. The van der Waals surface area contributed by atoms with Gasteiger partial charge in [-0.1, -0.05) is 60.7 Å². The Balaban J connectivity index is 1.57. The van der Waals surface area contributed by atoms with E-state index in [1.807, 2.05) is 6.07 Å². The van der Waals surface area contributed by atoms with Gasteiger partial charge in [-0.15, -0.1) is 0 Å². The molecule has 0 saturated carbocycles. The van der Waals surface area contributed by atoms with E-state index < -0.39 is 17.8 Å². The van der Waals surface area contributed by atoms with Crippen molar-refractivity contribution in [3.05, 3.63) is 114 Å². The Labute approximate surface area is 226 Å². The van der Waals surface area contributed by atoms with Crippen LogP contribution in [0.4, 0.5) is 0 Å². The van der Waals surface area contributed by atoms with E-state index in [9.17, 15) is 19.8 Å². The Kier molecular flexibility index (Phi) is 9.14. The summed E-state index contributed by atoms with van der Waals surface area (Å²) in [5, 5.41) is 31.4. The molecule has 3 aromatic carbocycles. The number of hydrogen-bond acceptors (Lipinski definition) is 6. The molecule has 0 atom stereocenters. The molecule has 8 nitrogen and oxygen atoms in total. The Hall–Kier alpha value is -4.40. The number of carboxylic acids is 1. The number of carbonyl (C=O) groups excluding carboxylic acids is 1. The summed E-state index contributed by atoms with van der Waals surface area (Å²) < 4.78 is 11.4. The van der Waals surface area contributed by atoms with Crippen molar-refractivity contribution in [2.24, 2.45) is 0 Å². The number of rotatable bonds is 13. The largest absolute Gasteiger partial charge is 0.493 e. The number of carbonyl (C=O) groups is 2. The first-order valence-corrected chi connectivity index (χ1v) is 12.7. The minimum absolute atomic E-state index is 0.116. The first-order chi connectivity index (χ1) is 18.9. The molecular formula is C31H31NO7. The molecule has 0 aliphatic carbocycles. The quantitative estimate of drug-likeness (QED) is 0.156. The number of unbranched alkanes of at least 4 members (excludes halogenated alkanes) is 2. The first kappa shape index (κ1) is 27.6. The Bertz CT molecular complexity index is 1350. The molecule has 8 heteroatoms. The molecular weight excluding hydrogens is 498 g/mol. The van der Waals surface area contributed by atoms with E-state index in [-0.39, 0.29) is 24.1 Å². The molecule has 1 amide bonds. The molecule has 39 heavy (non-hydrogen) atoms. The minimum atomic E-state index is -2.61. The number of amides is 1. The van der Waals surface area contributed by atoms with Crippen LogP contribution in [0.15, 0.2) is 102 Å². The SMILES string of the molecule is O=C(O)CCCCCOc1ccccc1CN(C(=O)c1ccc(-c2ccco2)cc1)C(O)(O)c1ccccc1. The number of aliphatic carboxylic acids is 1. The van der Waals surface area contributed by atoms with Crippen molar-refractivity contribution in [3.63, 3.8) is 0 Å². The molecule has 0 bridgehead atoms. The van der Waals surface area contributed by atoms with Crippen molar-refractivity contribution >= 4 is 11.9 Å². The van der Waals surface area contributed by atoms with Crippen LogP contribution < -0.4 is 4.74 Å². The second-order valence-corrected chi connectivity index (χ2v) is 9.11. The van der Waals surface area contributed by atoms with E-state index in [1.165, 1.54) is 0 Å². The lowest BCUT2D eigenvalue weighted by Crippen LogP contribution is -2.49. The van der Waals surface area contributed by atoms with Crippen molar-refractivity contribution in [1.82, 2.24) is 4.90 Å². The number of para-hydroxylation sites is 1. The highest BCUT2D eigenvalue weighted by atomic mass is 16.5. The van der Waals surface area contributed by atoms with Gasteiger partial charge in [-0.05, 0) is 49.6 Å². The van der Waals surface area contributed by atoms with Crippen molar-refractivity contribution in [2.45, 2.75) is 38.1 Å². The van der Waals surface area contributed by atoms with E-state index >= 15 is 0 Å². The van der Waals surface area contributed by atoms with Crippen molar-refractivity contribution < 1.29 is 34.1 Å². The third-order valence-electron chi connectivity index (χ3n) is 6.31. The van der Waals surface area contributed by atoms with Crippen LogP contribution in [0.5, 0.6) is 5.75 Å². The number of hydrogen-bond donors (Lipinski definition) is 3. The highest BCUT2D eigenvalue weighted by Crippen LogP contribution is 2.30. The predicted molar refractivity (Wildman–Crippen MR) is 145 cm³/mol. The highest BCUT2D eigenvalue weighted by molar-refractivity contribution is 5.95. The van der Waals surface area contributed by atoms with Gasteiger partial charge in [0.15, 0.2) is 0 Å². The summed E-state index contributed by atoms with van der Waals surface area (Å²) >= 11 is 0. The fourth-order valence-electron chi connectivity index (χ4n) is 4.20. The van der Waals surface area contributed by atoms with E-state index in [4.69, 9.17) is 14.3 Å². The number of aliphatic hydroxyl groups is 2. The van der Waals surface area contributed by atoms with Crippen LogP contribution in [-0.2, 0) is 17.3 Å². The summed E-state index contributed by atoms with van der Waals surface area (Å²) in [6.45, 7) is 0.219. The van der Waals surface area contributed by atoms with Gasteiger partial charge in [0, 0.05) is 28.7 Å². The Morgan fingerprint density at radius 2 is 1.54 bits per heavy atom. The molecule has 3 N–H and O–H groups in total. The number of ether oxygens (including phenoxy) is 1. The van der Waals surface area contributed by atoms with Crippen molar-refractivity contribution in [2.75, 3.05) is 6.61 Å². The van der Waals surface area contributed by atoms with E-state index in [2.05, 4.69) is 0 Å². The van der Waals surface area contributed by atoms with Gasteiger partial charge in [0.25, 0.3) is 11.8 Å². The lowest BCUT2D eigenvalue weighted by atomic mass is 10.1. The average Bonchev–Trinajstić information content (AvgIpc) is 3.49. The van der Waals surface area contributed by atoms with Crippen LogP contribution >= 0.6 is 0 Å². The third kappa shape index (κ3) is 7.13. The van der Waals surface area contributed by atoms with Crippen molar-refractivity contribution in [1.29, 1.82) is 0 Å². The van der Waals surface area contributed by atoms with Crippen LogP contribution in [0.2, 0.25) is 0 Å². The average molecular weight is 530 g/mol. The standard InChI is InChI=1S/C31H31NO7/c33-29(34)15-5-2-8-20-38-28-13-7-6-10-25(28)22-32(31(36,37)26-11-3-1-4-12-26)30(35)24-18-16-23(17-19-24)27-14-9-21-39-27/h1,3-4,6-7,9-14,16-19,21,36-37H,2,5,8,15,20,22H2,(H,33,34). The van der Waals surface area contributed by atoms with Gasteiger partial charge < -0.3 is 24.5 Å². The molecule has 0 saturated heterocycles. The van der Waals surface area contributed by atoms with Gasteiger partial charge >= 0.3 is 5.97 Å². The normalized spacial score (nSPS) is 11.2. The summed E-state index contributed by atoms with van der Waals surface area (Å²) in [7, 11) is 0. The molecule has 1 heterocycles. The van der Waals surface area contributed by atoms with Gasteiger partial charge in [-0.2, -0.15) is 0 Å². The summed E-state index contributed by atoms with van der Waals surface area (Å²) in [5.74, 6) is -2.86. The second-order valence-electron chi connectivity index (χ2n) is 9.11. The maximum Gasteiger partial charge on any atom is 0.303 e. The van der Waals surface area contributed by atoms with E-state index in [0.717, 1.165) is 10.5 Å². The highest BCUT2D eigenvalue weighted by Gasteiger charge is 2.38. The van der Waals surface area contributed by atoms with Gasteiger partial charge in [0.05, 0.1) is 19.4 Å². The maximum absolute atomic E-state index is 13.8. The molecule has 4 aromatic rings. The molecule has 0 unspecified atom stereocenters. The zero-order valence-electron chi connectivity index (χ0n) is 21.4. The number of nitrogens with zero attached hydrogens (tertiary/aromatic N) is 1. The Morgan fingerprint density at radius 1 is 0.821 bits per heavy atom. The van der Waals surface area contributed by atoms with Crippen LogP contribution in [0.25, 0.3) is 11.3 Å². The molecule has 0 spiro atoms. The topological polar surface area (TPSA) is 120 Å². The lowest BCUT2D eigenvalue weighted by molar-refractivity contribution is -0.259. The van der Waals surface area contributed by atoms with Gasteiger partial charge in [0.1, 0.15) is 11.5 Å². The molecule has 0 aliphatic rings. The number of furan rings is 1. The Morgan fingerprint density at radius 3 is 2.23 bits per heavy atom. The minimum Gasteiger partial charge on any atom is -0.493 e. The zero-order valence-corrected chi connectivity index (χ0v) is 21.4. The van der Waals surface area contributed by atoms with Crippen molar-refractivity contribution in [3.8, 4) is 17.1 Å². The van der Waals surface area contributed by atoms with Crippen LogP contribution in [-0.4, -0.2) is 38.7 Å². The van der Waals surface area contributed by atoms with E-state index in [0.29, 0.717) is 42.9 Å². The lowest BCUT2D eigenvalue weighted by Gasteiger charge is -2.36. The van der Waals surface area contributed by atoms with Gasteiger partial charge in [-0.3, -0.25) is 14.5 Å². The third-order valence-corrected chi connectivity index (χ3v) is 6.31. The number of benzene rings is 3. The molecule has 4 rings (SSSR count). The summed E-state index contributed by atoms with van der Waals surface area (Å²) in [6, 6.07) is 25.6. The predicted octanol–water partition coefficient (Wildman–Crippen LogP) is 5.41. The summed E-state index contributed by atoms with van der Waals surface area (Å²) in [6.07, 6.45) is 3.62. The van der Waals surface area contributed by atoms with Gasteiger partial charge in [-0.25, -0.2) is 0 Å². The summed E-state index contributed by atoms with van der Waals surface area (Å²) in [4.78, 5) is 25.5.